The van der Waals surface area contributed by atoms with E-state index in [0.29, 0.717) is 24.7 Å². The molecule has 2 saturated heterocycles. The smallest absolute Gasteiger partial charge is 0.323 e. The molecule has 0 saturated carbocycles. The van der Waals surface area contributed by atoms with Gasteiger partial charge in [0.2, 0.25) is 0 Å². The molecule has 2 unspecified atom stereocenters. The zero-order valence-electron chi connectivity index (χ0n) is 8.35. The summed E-state index contributed by atoms with van der Waals surface area (Å²) in [6.45, 7) is 2.40. The third-order valence-electron chi connectivity index (χ3n) is 2.76. The maximum atomic E-state index is 11.4. The van der Waals surface area contributed by atoms with Crippen LogP contribution in [0.5, 0.6) is 0 Å². The van der Waals surface area contributed by atoms with Crippen LogP contribution in [-0.4, -0.2) is 54.3 Å². The van der Waals surface area contributed by atoms with Crippen LogP contribution in [0.3, 0.4) is 0 Å². The normalized spacial score (nSPS) is 32.7. The Kier molecular flexibility index (Phi) is 3.18. The molecule has 84 valence electrons. The molecule has 0 amide bonds. The average Bonchev–Trinajstić information content (AvgIpc) is 2.64. The Balaban J connectivity index is 1.97. The van der Waals surface area contributed by atoms with E-state index in [2.05, 4.69) is 0 Å². The van der Waals surface area contributed by atoms with Crippen LogP contribution < -0.4 is 5.73 Å². The third kappa shape index (κ3) is 2.27. The summed E-state index contributed by atoms with van der Waals surface area (Å²) in [4.78, 5) is 13.8. The molecule has 0 bridgehead atoms. The van der Waals surface area contributed by atoms with Gasteiger partial charge < -0.3 is 15.2 Å². The van der Waals surface area contributed by atoms with Crippen molar-refractivity contribution < 1.29 is 14.3 Å². The van der Waals surface area contributed by atoms with E-state index in [0.717, 1.165) is 13.0 Å². The van der Waals surface area contributed by atoms with E-state index in [4.69, 9.17) is 27.4 Å². The van der Waals surface area contributed by atoms with Crippen molar-refractivity contribution in [3.63, 3.8) is 0 Å². The first-order valence-corrected chi connectivity index (χ1v) is 5.41. The van der Waals surface area contributed by atoms with Crippen LogP contribution in [0.4, 0.5) is 0 Å². The zero-order valence-corrected chi connectivity index (χ0v) is 9.16. The fraction of sp³-hybridized carbons (Fsp3) is 0.778. The number of carbonyl (C=O) groups is 1. The Labute approximate surface area is 93.5 Å². The fourth-order valence-corrected chi connectivity index (χ4v) is 2.08. The minimum Gasteiger partial charge on any atom is -0.464 e. The molecule has 0 radical (unpaired) electrons. The van der Waals surface area contributed by atoms with E-state index in [9.17, 15) is 4.79 Å². The quantitative estimate of drug-likeness (QED) is 0.499. The summed E-state index contributed by atoms with van der Waals surface area (Å²) in [6.07, 6.45) is 0.519. The number of rotatable bonds is 2. The number of carbonyl (C=O) groups excluding carboxylic acids is 1. The average molecular weight is 230 g/mol. The van der Waals surface area contributed by atoms with Crippen molar-refractivity contribution in [3.8, 4) is 0 Å². The largest absolute Gasteiger partial charge is 0.464 e. The van der Waals surface area contributed by atoms with Crippen LogP contribution in [-0.2, 0) is 14.3 Å². The number of hydrogen-bond acceptors (Lipinski definition) is 5. The van der Waals surface area contributed by atoms with Gasteiger partial charge in [-0.2, -0.15) is 0 Å². The lowest BCUT2D eigenvalue weighted by Crippen LogP contribution is -2.52. The summed E-state index contributed by atoms with van der Waals surface area (Å²) in [5.41, 5.74) is 5.53. The molecule has 0 aromatic rings. The standard InChI is InChI=1S/C9H14N2O3S/c10-8(15)7-5-11(2-4-13-7)6-1-3-14-9(6)12/h6-7H,1-5H2,(H2,10,15). The number of thiocarbonyl (C=S) groups is 1. The van der Waals surface area contributed by atoms with Gasteiger partial charge in [-0.25, -0.2) is 0 Å². The molecule has 0 aromatic heterocycles. The Bertz CT molecular complexity index is 285. The highest BCUT2D eigenvalue weighted by molar-refractivity contribution is 7.80. The molecule has 2 aliphatic heterocycles. The number of nitrogens with zero attached hydrogens (tertiary/aromatic N) is 1. The molecule has 5 nitrogen and oxygen atoms in total. The van der Waals surface area contributed by atoms with Gasteiger partial charge in [-0.05, 0) is 0 Å². The van der Waals surface area contributed by atoms with Crippen LogP contribution in [0, 0.1) is 0 Å². The van der Waals surface area contributed by atoms with Crippen LogP contribution >= 0.6 is 12.2 Å². The number of morpholine rings is 1. The second kappa shape index (κ2) is 4.42. The minimum absolute atomic E-state index is 0.134. The Morgan fingerprint density at radius 1 is 1.53 bits per heavy atom. The summed E-state index contributed by atoms with van der Waals surface area (Å²) >= 11 is 4.88. The zero-order chi connectivity index (χ0) is 10.8. The lowest BCUT2D eigenvalue weighted by molar-refractivity contribution is -0.143. The van der Waals surface area contributed by atoms with Gasteiger partial charge in [-0.15, -0.1) is 0 Å². The molecular weight excluding hydrogens is 216 g/mol. The first-order chi connectivity index (χ1) is 7.18. The van der Waals surface area contributed by atoms with Gasteiger partial charge in [0.1, 0.15) is 17.1 Å². The lowest BCUT2D eigenvalue weighted by Gasteiger charge is -2.34. The van der Waals surface area contributed by atoms with E-state index >= 15 is 0 Å². The molecule has 2 atom stereocenters. The van der Waals surface area contributed by atoms with E-state index in [-0.39, 0.29) is 18.1 Å². The van der Waals surface area contributed by atoms with E-state index in [1.54, 1.807) is 0 Å². The minimum atomic E-state index is -0.234. The van der Waals surface area contributed by atoms with Gasteiger partial charge in [0, 0.05) is 19.5 Å². The Morgan fingerprint density at radius 3 is 2.93 bits per heavy atom. The lowest BCUT2D eigenvalue weighted by atomic mass is 10.1. The van der Waals surface area contributed by atoms with Crippen molar-refractivity contribution in [3.05, 3.63) is 0 Å². The van der Waals surface area contributed by atoms with Crippen LogP contribution in [0.2, 0.25) is 0 Å². The molecule has 6 heteroatoms. The van der Waals surface area contributed by atoms with E-state index in [1.807, 2.05) is 4.90 Å². The molecule has 2 heterocycles. The van der Waals surface area contributed by atoms with Gasteiger partial charge in [0.25, 0.3) is 0 Å². The monoisotopic (exact) mass is 230 g/mol. The number of ether oxygens (including phenoxy) is 2. The van der Waals surface area contributed by atoms with E-state index in [1.165, 1.54) is 0 Å². The van der Waals surface area contributed by atoms with Crippen molar-refractivity contribution in [2.24, 2.45) is 5.73 Å². The fourth-order valence-electron chi connectivity index (χ4n) is 1.94. The molecule has 2 aliphatic rings. The van der Waals surface area contributed by atoms with E-state index < -0.39 is 0 Å². The van der Waals surface area contributed by atoms with Gasteiger partial charge in [-0.3, -0.25) is 9.69 Å². The highest BCUT2D eigenvalue weighted by Crippen LogP contribution is 2.17. The first kappa shape index (κ1) is 10.8. The number of hydrogen-bond donors (Lipinski definition) is 1. The van der Waals surface area contributed by atoms with Gasteiger partial charge in [-0.1, -0.05) is 12.2 Å². The third-order valence-corrected chi connectivity index (χ3v) is 3.03. The number of cyclic esters (lactones) is 1. The number of nitrogens with two attached hydrogens (primary N) is 1. The molecule has 2 fully saturated rings. The van der Waals surface area contributed by atoms with Crippen molar-refractivity contribution >= 4 is 23.2 Å². The highest BCUT2D eigenvalue weighted by Gasteiger charge is 2.35. The summed E-state index contributed by atoms with van der Waals surface area (Å²) in [5, 5.41) is 0. The molecule has 0 spiro atoms. The summed E-state index contributed by atoms with van der Waals surface area (Å²) in [6, 6.07) is -0.134. The maximum absolute atomic E-state index is 11.4. The van der Waals surface area contributed by atoms with Crippen LogP contribution in [0.1, 0.15) is 6.42 Å². The van der Waals surface area contributed by atoms with Crippen molar-refractivity contribution in [1.82, 2.24) is 4.90 Å². The van der Waals surface area contributed by atoms with Crippen LogP contribution in [0.15, 0.2) is 0 Å². The summed E-state index contributed by atoms with van der Waals surface area (Å²) < 4.78 is 10.3. The second-order valence-corrected chi connectivity index (χ2v) is 4.20. The van der Waals surface area contributed by atoms with Crippen molar-refractivity contribution in [1.29, 1.82) is 0 Å². The molecule has 0 aromatic carbocycles. The molecule has 2 N–H and O–H groups in total. The highest BCUT2D eigenvalue weighted by atomic mass is 32.1. The Morgan fingerprint density at radius 2 is 2.33 bits per heavy atom. The van der Waals surface area contributed by atoms with Crippen molar-refractivity contribution in [2.75, 3.05) is 26.3 Å². The molecular formula is C9H14N2O3S. The van der Waals surface area contributed by atoms with Crippen LogP contribution in [0.25, 0.3) is 0 Å². The molecule has 0 aliphatic carbocycles. The van der Waals surface area contributed by atoms with Gasteiger partial charge >= 0.3 is 5.97 Å². The predicted octanol–water partition coefficient (Wildman–Crippen LogP) is -0.711. The predicted molar refractivity (Wildman–Crippen MR) is 57.5 cm³/mol. The van der Waals surface area contributed by atoms with Gasteiger partial charge in [0.05, 0.1) is 13.2 Å². The Hall–Kier alpha value is -0.720. The topological polar surface area (TPSA) is 64.8 Å². The molecule has 15 heavy (non-hydrogen) atoms. The maximum Gasteiger partial charge on any atom is 0.323 e. The van der Waals surface area contributed by atoms with Crippen molar-refractivity contribution in [2.45, 2.75) is 18.6 Å². The van der Waals surface area contributed by atoms with Gasteiger partial charge in [0.15, 0.2) is 0 Å². The SMILES string of the molecule is NC(=S)C1CN(C2CCOC2=O)CCO1. The molecule has 2 rings (SSSR count). The first-order valence-electron chi connectivity index (χ1n) is 5.00. The summed E-state index contributed by atoms with van der Waals surface area (Å²) in [5.74, 6) is -0.140. The second-order valence-electron chi connectivity index (χ2n) is 3.73. The number of esters is 1. The summed E-state index contributed by atoms with van der Waals surface area (Å²) in [7, 11) is 0.